The fourth-order valence-electron chi connectivity index (χ4n) is 10.2. The van der Waals surface area contributed by atoms with E-state index in [0.717, 1.165) is 26.4 Å². The quantitative estimate of drug-likeness (QED) is 0.107. The molecular weight excluding hydrogens is 941 g/mol. The molecule has 0 N–H and O–H groups in total. The van der Waals surface area contributed by atoms with E-state index in [0.29, 0.717) is 27.5 Å². The van der Waals surface area contributed by atoms with Gasteiger partial charge in [0.25, 0.3) is 0 Å². The Bertz CT molecular complexity index is 6260. The zero-order valence-corrected chi connectivity index (χ0v) is 39.8. The predicted octanol–water partition coefficient (Wildman–Crippen LogP) is 13.9. The van der Waals surface area contributed by atoms with Crippen molar-refractivity contribution in [1.29, 1.82) is 0 Å². The molecule has 0 saturated heterocycles. The summed E-state index contributed by atoms with van der Waals surface area (Å²) in [5.74, 6) is -2.95. The molecule has 0 fully saturated rings. The Balaban J connectivity index is 1.16. The van der Waals surface area contributed by atoms with Gasteiger partial charge in [-0.3, -0.25) is 4.57 Å². The van der Waals surface area contributed by atoms with Crippen LogP contribution in [-0.2, 0) is 0 Å². The van der Waals surface area contributed by atoms with Crippen molar-refractivity contribution < 1.29 is 42.5 Å². The van der Waals surface area contributed by atoms with Gasteiger partial charge in [-0.1, -0.05) is 242 Å². The number of hydrogen-bond donors (Lipinski definition) is 0. The van der Waals surface area contributed by atoms with Crippen molar-refractivity contribution in [3.05, 3.63) is 278 Å². The molecule has 0 aliphatic rings. The third kappa shape index (κ3) is 6.62. The van der Waals surface area contributed by atoms with Crippen molar-refractivity contribution in [2.75, 3.05) is 0 Å². The lowest BCUT2D eigenvalue weighted by Gasteiger charge is -2.34. The zero-order chi connectivity index (χ0) is 77.1. The molecule has 0 bridgehead atoms. The molecule has 7 heteroatoms. The predicted molar refractivity (Wildman–Crippen MR) is 317 cm³/mol. The zero-order valence-electron chi connectivity index (χ0n) is 69.8. The van der Waals surface area contributed by atoms with Gasteiger partial charge >= 0.3 is 0 Å². The second kappa shape index (κ2) is 17.6. The molecule has 0 aliphatic heterocycles. The summed E-state index contributed by atoms with van der Waals surface area (Å²) in [5.41, 5.74) is -0.658. The molecular formula is C69H46N6Si. The third-order valence-electron chi connectivity index (χ3n) is 13.3. The normalized spacial score (nSPS) is 17.7. The Morgan fingerprint density at radius 1 is 0.289 bits per heavy atom. The van der Waals surface area contributed by atoms with E-state index in [2.05, 4.69) is 4.98 Å². The summed E-state index contributed by atoms with van der Waals surface area (Å²) in [6, 6.07) is -7.05. The van der Waals surface area contributed by atoms with Gasteiger partial charge < -0.3 is 9.13 Å². The first kappa shape index (κ1) is 22.7. The Labute approximate surface area is 483 Å². The largest absolute Gasteiger partial charge is 0.307 e. The van der Waals surface area contributed by atoms with Crippen molar-refractivity contribution in [3.8, 4) is 40.1 Å². The Morgan fingerprint density at radius 2 is 0.737 bits per heavy atom. The second-order valence-electron chi connectivity index (χ2n) is 17.2. The van der Waals surface area contributed by atoms with Crippen LogP contribution in [-0.4, -0.2) is 36.7 Å². The third-order valence-corrected chi connectivity index (χ3v) is 17.3. The summed E-state index contributed by atoms with van der Waals surface area (Å²) in [6.07, 6.45) is 0. The van der Waals surface area contributed by atoms with E-state index in [4.69, 9.17) is 27.8 Å². The maximum absolute atomic E-state index is 10.4. The van der Waals surface area contributed by atoms with Crippen molar-refractivity contribution >= 4 is 94.2 Å². The van der Waals surface area contributed by atoms with E-state index < -0.39 is 267 Å². The first-order valence-electron chi connectivity index (χ1n) is 38.8. The fraction of sp³-hybridized carbons (Fsp3) is 0. The summed E-state index contributed by atoms with van der Waals surface area (Å²) in [5, 5.41) is -2.87. The molecule has 0 radical (unpaired) electrons. The minimum atomic E-state index is -6.47. The van der Waals surface area contributed by atoms with E-state index in [1.54, 1.807) is 28.8 Å². The smallest absolute Gasteiger partial charge is 0.238 e. The van der Waals surface area contributed by atoms with E-state index >= 15 is 0 Å². The van der Waals surface area contributed by atoms with Crippen molar-refractivity contribution in [2.45, 2.75) is 0 Å². The number of nitrogens with zero attached hydrogens (tertiary/aromatic N) is 6. The molecule has 4 heterocycles. The van der Waals surface area contributed by atoms with Crippen LogP contribution in [0.1, 0.15) is 42.5 Å². The molecule has 15 aromatic rings. The van der Waals surface area contributed by atoms with Gasteiger partial charge in [-0.15, -0.1) is 0 Å². The molecule has 4 aromatic heterocycles. The Hall–Kier alpha value is -9.95. The van der Waals surface area contributed by atoms with Gasteiger partial charge in [0, 0.05) is 43.4 Å². The SMILES string of the molecule is [2H]c1c([2H])c([2H])c(-c2nc(-c3c([2H])c([2H])c([Si](c4c([2H])c([2H])c([2H])c([2H])c4[2H])(c4c([2H])c([2H])c([2H])c([2H])c4[2H])c4c([2H])c([2H])c([2H])c([2H])c4[2H])c([2H])c3[2H])nc(-n3c4c([2H])c([2H])c([2H])c([2H])c4c4c([2H])c([2H])c([2H])c(-n5c6ccccc6c6cccc(-n7c8ccccc8c8ccccc87)c65)c43)n2)c([2H])c1[2H]. The molecule has 356 valence electrons. The minimum Gasteiger partial charge on any atom is -0.307 e. The Morgan fingerprint density at radius 3 is 1.33 bits per heavy atom. The van der Waals surface area contributed by atoms with Gasteiger partial charge in [-0.25, -0.2) is 4.98 Å². The molecule has 11 aromatic carbocycles. The van der Waals surface area contributed by atoms with Crippen LogP contribution in [0.2, 0.25) is 0 Å². The number of benzene rings is 11. The first-order chi connectivity index (χ1) is 50.6. The van der Waals surface area contributed by atoms with Crippen LogP contribution in [0.25, 0.3) is 106 Å². The molecule has 6 nitrogen and oxygen atoms in total. The first-order valence-corrected chi connectivity index (χ1v) is 25.3. The summed E-state index contributed by atoms with van der Waals surface area (Å²) < 4.78 is 297. The molecule has 0 atom stereocenters. The van der Waals surface area contributed by atoms with Gasteiger partial charge in [-0.05, 0) is 57.1 Å². The number of aromatic nitrogens is 6. The van der Waals surface area contributed by atoms with Crippen LogP contribution in [0.4, 0.5) is 0 Å². The number of hydrogen-bond acceptors (Lipinski definition) is 3. The summed E-state index contributed by atoms with van der Waals surface area (Å²) in [7, 11) is -6.47. The maximum Gasteiger partial charge on any atom is 0.238 e. The van der Waals surface area contributed by atoms with E-state index in [1.165, 1.54) is 0 Å². The maximum atomic E-state index is 10.4. The summed E-state index contributed by atoms with van der Waals surface area (Å²) >= 11 is 0. The van der Waals surface area contributed by atoms with Gasteiger partial charge in [-0.2, -0.15) is 9.97 Å². The van der Waals surface area contributed by atoms with Crippen molar-refractivity contribution in [3.63, 3.8) is 0 Å². The molecule has 0 unspecified atom stereocenters. The highest BCUT2D eigenvalue weighted by molar-refractivity contribution is 7.19. The average molecular weight is 1020 g/mol. The van der Waals surface area contributed by atoms with E-state index in [9.17, 15) is 24.7 Å². The molecule has 0 spiro atoms. The molecule has 0 aliphatic carbocycles. The number of rotatable bonds is 9. The molecule has 15 rings (SSSR count). The van der Waals surface area contributed by atoms with Crippen LogP contribution in [0, 0.1) is 0 Å². The standard InChI is InChI=1S/C69H46N6Si/c1-5-23-47(24-6-1)67-70-68(48-43-45-52(46-44-48)76(49-25-7-2-8-26-49,50-27-9-3-10-28-50)51-29-11-4-12-30-51)72-69(71-67)75-62-40-20-16-34-56(62)58-36-22-42-64(66(58)75)74-61-39-19-15-33-55(61)57-35-21-41-63(65(57)74)73-59-37-17-13-31-53(59)54-32-14-18-38-60(54)73/h1-46H/i1D,2D,3D,4D,5D,6D,7D,8D,9D,10D,11D,12D,16D,20D,22D,23D,24D,25D,26D,27D,28D,29D,30D,34D,36D,40D,42D,43D,44D,45D,46D. The number of fused-ring (bicyclic) bond motifs is 9. The summed E-state index contributed by atoms with van der Waals surface area (Å²) in [6.45, 7) is 0. The van der Waals surface area contributed by atoms with Crippen LogP contribution < -0.4 is 20.7 Å². The highest BCUT2D eigenvalue weighted by Crippen LogP contribution is 2.43. The molecule has 0 amide bonds. The molecule has 0 saturated carbocycles. The monoisotopic (exact) mass is 1020 g/mol. The molecule has 76 heavy (non-hydrogen) atoms. The van der Waals surface area contributed by atoms with Crippen LogP contribution in [0.5, 0.6) is 0 Å². The van der Waals surface area contributed by atoms with Crippen LogP contribution in [0.15, 0.2) is 278 Å². The lowest BCUT2D eigenvalue weighted by Crippen LogP contribution is -2.74. The van der Waals surface area contributed by atoms with Gasteiger partial charge in [0.1, 0.15) is 0 Å². The van der Waals surface area contributed by atoms with E-state index in [-0.39, 0.29) is 5.69 Å². The van der Waals surface area contributed by atoms with Gasteiger partial charge in [0.2, 0.25) is 5.95 Å². The average Bonchev–Trinajstić information content (AvgIpc) is 1.67. The topological polar surface area (TPSA) is 53.5 Å². The van der Waals surface area contributed by atoms with Crippen LogP contribution >= 0.6 is 0 Å². The van der Waals surface area contributed by atoms with Gasteiger partial charge in [0.05, 0.1) is 87.0 Å². The lowest BCUT2D eigenvalue weighted by molar-refractivity contribution is 0.950. The Kier molecular flexibility index (Phi) is 5.25. The second-order valence-corrected chi connectivity index (χ2v) is 20.7. The lowest BCUT2D eigenvalue weighted by atomic mass is 10.1. The minimum absolute atomic E-state index is 0.317. The van der Waals surface area contributed by atoms with Crippen LogP contribution in [0.3, 0.4) is 0 Å². The van der Waals surface area contributed by atoms with Crippen molar-refractivity contribution in [2.24, 2.45) is 0 Å². The summed E-state index contributed by atoms with van der Waals surface area (Å²) in [4.78, 5) is 14.1. The fourth-order valence-corrected chi connectivity index (χ4v) is 13.7. The van der Waals surface area contributed by atoms with Crippen molar-refractivity contribution in [1.82, 2.24) is 28.7 Å². The van der Waals surface area contributed by atoms with Gasteiger partial charge in [0.15, 0.2) is 19.7 Å². The highest BCUT2D eigenvalue weighted by atomic mass is 28.3. The highest BCUT2D eigenvalue weighted by Gasteiger charge is 2.41. The van der Waals surface area contributed by atoms with E-state index in [1.807, 2.05) is 71.3 Å². The number of para-hydroxylation sites is 6.